The SMILES string of the molecule is Cn1c(C(C)(C)O)nc(-c2ccc(C#N)cc2)c1Sc1ccc(Cl)cc1. The van der Waals surface area contributed by atoms with Crippen molar-refractivity contribution < 1.29 is 5.11 Å². The minimum absolute atomic E-state index is 0.577. The van der Waals surface area contributed by atoms with Crippen LogP contribution in [0.4, 0.5) is 0 Å². The Kier molecular flexibility index (Phi) is 5.10. The summed E-state index contributed by atoms with van der Waals surface area (Å²) in [6, 6.07) is 17.0. The van der Waals surface area contributed by atoms with Crippen molar-refractivity contribution in [2.45, 2.75) is 29.4 Å². The van der Waals surface area contributed by atoms with Crippen LogP contribution in [0.3, 0.4) is 0 Å². The van der Waals surface area contributed by atoms with Crippen molar-refractivity contribution in [3.8, 4) is 17.3 Å². The zero-order valence-corrected chi connectivity index (χ0v) is 16.3. The molecule has 1 heterocycles. The average molecular weight is 384 g/mol. The largest absolute Gasteiger partial charge is 0.383 e. The highest BCUT2D eigenvalue weighted by atomic mass is 35.5. The van der Waals surface area contributed by atoms with E-state index in [1.54, 1.807) is 37.7 Å². The number of nitriles is 1. The maximum atomic E-state index is 10.5. The smallest absolute Gasteiger partial charge is 0.141 e. The summed E-state index contributed by atoms with van der Waals surface area (Å²) in [5, 5.41) is 21.1. The first kappa shape index (κ1) is 18.5. The van der Waals surface area contributed by atoms with E-state index in [9.17, 15) is 5.11 Å². The van der Waals surface area contributed by atoms with Crippen LogP contribution in [-0.4, -0.2) is 14.7 Å². The van der Waals surface area contributed by atoms with E-state index >= 15 is 0 Å². The predicted octanol–water partition coefficient (Wildman–Crippen LogP) is 4.99. The molecule has 0 aliphatic rings. The minimum atomic E-state index is -1.07. The zero-order valence-electron chi connectivity index (χ0n) is 14.7. The Morgan fingerprint density at radius 3 is 2.27 bits per heavy atom. The first-order valence-electron chi connectivity index (χ1n) is 8.03. The van der Waals surface area contributed by atoms with Gasteiger partial charge in [-0.15, -0.1) is 0 Å². The third-order valence-electron chi connectivity index (χ3n) is 3.91. The van der Waals surface area contributed by atoms with E-state index in [0.29, 0.717) is 16.4 Å². The first-order chi connectivity index (χ1) is 12.3. The molecule has 0 aliphatic carbocycles. The Hall–Kier alpha value is -2.26. The van der Waals surface area contributed by atoms with Crippen molar-refractivity contribution in [3.63, 3.8) is 0 Å². The molecule has 4 nitrogen and oxygen atoms in total. The van der Waals surface area contributed by atoms with Gasteiger partial charge in [-0.3, -0.25) is 0 Å². The molecule has 0 unspecified atom stereocenters. The number of aromatic nitrogens is 2. The highest BCUT2D eigenvalue weighted by Gasteiger charge is 2.27. The van der Waals surface area contributed by atoms with Gasteiger partial charge in [0, 0.05) is 22.5 Å². The Labute approximate surface area is 162 Å². The van der Waals surface area contributed by atoms with Gasteiger partial charge in [0.05, 0.1) is 11.6 Å². The molecular formula is C20H18ClN3OS. The highest BCUT2D eigenvalue weighted by Crippen LogP contribution is 2.38. The molecule has 0 spiro atoms. The average Bonchev–Trinajstić information content (AvgIpc) is 2.94. The predicted molar refractivity (Wildman–Crippen MR) is 104 cm³/mol. The van der Waals surface area contributed by atoms with Gasteiger partial charge < -0.3 is 9.67 Å². The molecule has 0 bridgehead atoms. The summed E-state index contributed by atoms with van der Waals surface area (Å²) in [6.45, 7) is 3.43. The van der Waals surface area contributed by atoms with Crippen LogP contribution in [0.5, 0.6) is 0 Å². The third kappa shape index (κ3) is 3.78. The number of benzene rings is 2. The molecule has 0 fully saturated rings. The van der Waals surface area contributed by atoms with Crippen molar-refractivity contribution in [2.24, 2.45) is 7.05 Å². The molecule has 1 aromatic heterocycles. The van der Waals surface area contributed by atoms with E-state index in [1.165, 1.54) is 0 Å². The first-order valence-corrected chi connectivity index (χ1v) is 9.22. The van der Waals surface area contributed by atoms with E-state index in [4.69, 9.17) is 21.8 Å². The van der Waals surface area contributed by atoms with Crippen molar-refractivity contribution >= 4 is 23.4 Å². The van der Waals surface area contributed by atoms with Gasteiger partial charge in [-0.05, 0) is 50.2 Å². The number of rotatable bonds is 4. The normalized spacial score (nSPS) is 11.4. The Morgan fingerprint density at radius 2 is 1.73 bits per heavy atom. The zero-order chi connectivity index (χ0) is 18.9. The molecule has 0 amide bonds. The fraction of sp³-hybridized carbons (Fsp3) is 0.200. The minimum Gasteiger partial charge on any atom is -0.383 e. The number of imidazole rings is 1. The molecule has 3 aromatic rings. The molecule has 0 aliphatic heterocycles. The molecule has 0 saturated carbocycles. The second-order valence-electron chi connectivity index (χ2n) is 6.45. The lowest BCUT2D eigenvalue weighted by Gasteiger charge is -2.17. The fourth-order valence-electron chi connectivity index (χ4n) is 2.65. The van der Waals surface area contributed by atoms with Gasteiger partial charge in [0.15, 0.2) is 0 Å². The molecule has 2 aromatic carbocycles. The molecule has 0 atom stereocenters. The molecule has 6 heteroatoms. The van der Waals surface area contributed by atoms with Crippen molar-refractivity contribution in [2.75, 3.05) is 0 Å². The molecule has 1 N–H and O–H groups in total. The van der Waals surface area contributed by atoms with E-state index < -0.39 is 5.60 Å². The standard InChI is InChI=1S/C20H18ClN3OS/c1-20(2,25)19-23-17(14-6-4-13(12-22)5-7-14)18(24(19)3)26-16-10-8-15(21)9-11-16/h4-11,25H,1-3H3. The Balaban J connectivity index is 2.12. The maximum absolute atomic E-state index is 10.5. The van der Waals surface area contributed by atoms with Crippen molar-refractivity contribution in [3.05, 3.63) is 64.9 Å². The van der Waals surface area contributed by atoms with E-state index in [-0.39, 0.29) is 0 Å². The number of hydrogen-bond acceptors (Lipinski definition) is 4. The van der Waals surface area contributed by atoms with Crippen LogP contribution >= 0.6 is 23.4 Å². The monoisotopic (exact) mass is 383 g/mol. The summed E-state index contributed by atoms with van der Waals surface area (Å²) in [6.07, 6.45) is 0. The number of nitrogens with zero attached hydrogens (tertiary/aromatic N) is 3. The van der Waals surface area contributed by atoms with Gasteiger partial charge in [-0.1, -0.05) is 35.5 Å². The summed E-state index contributed by atoms with van der Waals surface area (Å²) < 4.78 is 1.91. The summed E-state index contributed by atoms with van der Waals surface area (Å²) in [4.78, 5) is 5.73. The summed E-state index contributed by atoms with van der Waals surface area (Å²) in [5.41, 5.74) is 1.19. The van der Waals surface area contributed by atoms with Gasteiger partial charge in [-0.25, -0.2) is 4.98 Å². The molecule has 26 heavy (non-hydrogen) atoms. The summed E-state index contributed by atoms with van der Waals surface area (Å²) >= 11 is 7.54. The van der Waals surface area contributed by atoms with Crippen LogP contribution in [0.2, 0.25) is 5.02 Å². The molecule has 3 rings (SSSR count). The second-order valence-corrected chi connectivity index (χ2v) is 7.95. The number of aliphatic hydroxyl groups is 1. The fourth-order valence-corrected chi connectivity index (χ4v) is 3.76. The molecule has 0 radical (unpaired) electrons. The van der Waals surface area contributed by atoms with Crippen LogP contribution in [0, 0.1) is 11.3 Å². The van der Waals surface area contributed by atoms with E-state index in [0.717, 1.165) is 21.2 Å². The topological polar surface area (TPSA) is 61.8 Å². The van der Waals surface area contributed by atoms with Crippen molar-refractivity contribution in [1.29, 1.82) is 5.26 Å². The van der Waals surface area contributed by atoms with E-state index in [2.05, 4.69) is 6.07 Å². The lowest BCUT2D eigenvalue weighted by atomic mass is 10.1. The van der Waals surface area contributed by atoms with Crippen LogP contribution in [0.1, 0.15) is 25.2 Å². The number of hydrogen-bond donors (Lipinski definition) is 1. The van der Waals surface area contributed by atoms with Gasteiger partial charge in [0.1, 0.15) is 22.1 Å². The van der Waals surface area contributed by atoms with E-state index in [1.807, 2.05) is 48.0 Å². The molecular weight excluding hydrogens is 366 g/mol. The van der Waals surface area contributed by atoms with Crippen LogP contribution in [0.25, 0.3) is 11.3 Å². The summed E-state index contributed by atoms with van der Waals surface area (Å²) in [5.74, 6) is 0.577. The summed E-state index contributed by atoms with van der Waals surface area (Å²) in [7, 11) is 1.89. The quantitative estimate of drug-likeness (QED) is 0.689. The third-order valence-corrected chi connectivity index (χ3v) is 5.33. The molecule has 132 valence electrons. The maximum Gasteiger partial charge on any atom is 0.141 e. The van der Waals surface area contributed by atoms with Gasteiger partial charge >= 0.3 is 0 Å². The van der Waals surface area contributed by atoms with Gasteiger partial charge in [0.25, 0.3) is 0 Å². The van der Waals surface area contributed by atoms with Crippen molar-refractivity contribution in [1.82, 2.24) is 9.55 Å². The Morgan fingerprint density at radius 1 is 1.12 bits per heavy atom. The lowest BCUT2D eigenvalue weighted by molar-refractivity contribution is 0.0652. The van der Waals surface area contributed by atoms with Crippen LogP contribution in [0.15, 0.2) is 58.5 Å². The van der Waals surface area contributed by atoms with Gasteiger partial charge in [-0.2, -0.15) is 5.26 Å². The highest BCUT2D eigenvalue weighted by molar-refractivity contribution is 7.99. The van der Waals surface area contributed by atoms with Gasteiger partial charge in [0.2, 0.25) is 0 Å². The van der Waals surface area contributed by atoms with Crippen LogP contribution in [-0.2, 0) is 12.6 Å². The molecule has 0 saturated heterocycles. The Bertz CT molecular complexity index is 965. The number of halogens is 1. The van der Waals surface area contributed by atoms with Crippen LogP contribution < -0.4 is 0 Å². The second kappa shape index (κ2) is 7.16. The lowest BCUT2D eigenvalue weighted by Crippen LogP contribution is -2.21.